The summed E-state index contributed by atoms with van der Waals surface area (Å²) in [5.41, 5.74) is 0.722. The van der Waals surface area contributed by atoms with Crippen LogP contribution in [0.5, 0.6) is 11.5 Å². The third-order valence-electron chi connectivity index (χ3n) is 4.44. The van der Waals surface area contributed by atoms with Gasteiger partial charge in [-0.05, 0) is 30.2 Å². The maximum Gasteiger partial charge on any atom is 0.344 e. The van der Waals surface area contributed by atoms with Crippen LogP contribution in [-0.4, -0.2) is 70.8 Å². The Kier molecular flexibility index (Phi) is 7.12. The molecule has 29 heavy (non-hydrogen) atoms. The van der Waals surface area contributed by atoms with E-state index >= 15 is 0 Å². The smallest absolute Gasteiger partial charge is 0.344 e. The van der Waals surface area contributed by atoms with Gasteiger partial charge in [0.15, 0.2) is 21.9 Å². The number of hydrogen-bond donors (Lipinski definition) is 1. The maximum absolute atomic E-state index is 12.8. The molecule has 2 saturated heterocycles. The molecule has 0 spiro atoms. The Morgan fingerprint density at radius 1 is 1.38 bits per heavy atom. The second kappa shape index (κ2) is 9.57. The molecule has 1 atom stereocenters. The third-order valence-corrected chi connectivity index (χ3v) is 5.73. The first-order valence-electron chi connectivity index (χ1n) is 9.12. The number of carboxylic acids is 1. The van der Waals surface area contributed by atoms with Crippen molar-refractivity contribution in [3.05, 3.63) is 28.7 Å². The van der Waals surface area contributed by atoms with E-state index in [9.17, 15) is 14.7 Å². The highest BCUT2D eigenvalue weighted by Gasteiger charge is 2.37. The lowest BCUT2D eigenvalue weighted by molar-refractivity contribution is -0.145. The number of benzene rings is 1. The Balaban J connectivity index is 1.80. The number of carbonyl (C=O) groups excluding carboxylic acids is 1. The molecule has 0 radical (unpaired) electrons. The van der Waals surface area contributed by atoms with Crippen LogP contribution < -0.4 is 9.47 Å². The van der Waals surface area contributed by atoms with Crippen molar-refractivity contribution in [1.82, 2.24) is 10.0 Å². The van der Waals surface area contributed by atoms with Gasteiger partial charge in [-0.25, -0.2) is 14.8 Å². The molecular formula is C19H22N2O6S2. The number of morpholine rings is 1. The summed E-state index contributed by atoms with van der Waals surface area (Å²) in [6, 6.07) is 5.08. The zero-order chi connectivity index (χ0) is 21.0. The summed E-state index contributed by atoms with van der Waals surface area (Å²) in [5, 5.41) is 12.6. The Morgan fingerprint density at radius 3 is 2.72 bits per heavy atom. The summed E-state index contributed by atoms with van der Waals surface area (Å²) in [6.07, 6.45) is 1.10. The van der Waals surface area contributed by atoms with Crippen LogP contribution in [0.2, 0.25) is 0 Å². The van der Waals surface area contributed by atoms with Gasteiger partial charge in [-0.3, -0.25) is 4.79 Å². The molecule has 2 heterocycles. The minimum atomic E-state index is -1.04. The van der Waals surface area contributed by atoms with Gasteiger partial charge in [0, 0.05) is 13.1 Å². The number of ether oxygens (including phenoxy) is 3. The fraction of sp³-hybridized carbons (Fsp3) is 0.421. The van der Waals surface area contributed by atoms with Crippen molar-refractivity contribution in [1.29, 1.82) is 0 Å². The van der Waals surface area contributed by atoms with Crippen molar-refractivity contribution < 1.29 is 28.9 Å². The monoisotopic (exact) mass is 438 g/mol. The van der Waals surface area contributed by atoms with Crippen LogP contribution in [0.15, 0.2) is 23.1 Å². The van der Waals surface area contributed by atoms with Crippen LogP contribution in [0.3, 0.4) is 0 Å². The fourth-order valence-electron chi connectivity index (χ4n) is 2.94. The van der Waals surface area contributed by atoms with Crippen LogP contribution >= 0.6 is 24.0 Å². The molecule has 0 aromatic heterocycles. The number of thiocarbonyl (C=S) groups is 1. The number of nitrogens with zero attached hydrogens (tertiary/aromatic N) is 2. The Hall–Kier alpha value is -2.14. The highest BCUT2D eigenvalue weighted by atomic mass is 32.2. The highest BCUT2D eigenvalue weighted by molar-refractivity contribution is 8.26. The topological polar surface area (TPSA) is 88.5 Å². The number of carbonyl (C=O) groups is 2. The van der Waals surface area contributed by atoms with Crippen LogP contribution in [0.1, 0.15) is 18.9 Å². The van der Waals surface area contributed by atoms with Crippen LogP contribution in [0, 0.1) is 0 Å². The number of hydrazine groups is 1. The molecule has 1 amide bonds. The number of rotatable bonds is 7. The first-order valence-corrected chi connectivity index (χ1v) is 10.3. The van der Waals surface area contributed by atoms with E-state index in [0.29, 0.717) is 53.4 Å². The van der Waals surface area contributed by atoms with E-state index in [4.69, 9.17) is 26.4 Å². The molecule has 0 aliphatic carbocycles. The van der Waals surface area contributed by atoms with Gasteiger partial charge in [-0.15, -0.1) is 0 Å². The van der Waals surface area contributed by atoms with Crippen LogP contribution in [-0.2, 0) is 14.3 Å². The maximum atomic E-state index is 12.8. The number of thioether (sulfide) groups is 1. The van der Waals surface area contributed by atoms with Crippen molar-refractivity contribution in [3.8, 4) is 11.5 Å². The average Bonchev–Trinajstić information content (AvgIpc) is 3.00. The molecule has 3 rings (SSSR count). The number of aliphatic carboxylic acids is 1. The quantitative estimate of drug-likeness (QED) is 0.509. The summed E-state index contributed by atoms with van der Waals surface area (Å²) >= 11 is 6.63. The molecule has 1 unspecified atom stereocenters. The summed E-state index contributed by atoms with van der Waals surface area (Å²) in [7, 11) is 1.48. The zero-order valence-electron chi connectivity index (χ0n) is 16.1. The molecule has 0 bridgehead atoms. The standard InChI is InChI=1S/C19H22N2O6S2/c1-3-13(18(23)24)27-14-5-4-12(10-15(14)25-2)11-16-17(22)21(19(28)29-16)20-6-8-26-9-7-20/h4-5,10-11,13H,3,6-9H2,1-2H3,(H,23,24)/b16-11+. The molecule has 0 saturated carbocycles. The van der Waals surface area contributed by atoms with Gasteiger partial charge in [0.25, 0.3) is 5.91 Å². The van der Waals surface area contributed by atoms with Crippen molar-refractivity contribution >= 4 is 46.3 Å². The van der Waals surface area contributed by atoms with E-state index in [1.807, 2.05) is 5.01 Å². The summed E-state index contributed by atoms with van der Waals surface area (Å²) in [4.78, 5) is 24.6. The summed E-state index contributed by atoms with van der Waals surface area (Å²) < 4.78 is 16.7. The van der Waals surface area contributed by atoms with Gasteiger partial charge in [0.05, 0.1) is 25.2 Å². The minimum absolute atomic E-state index is 0.168. The largest absolute Gasteiger partial charge is 0.493 e. The summed E-state index contributed by atoms with van der Waals surface area (Å²) in [6.45, 7) is 4.08. The average molecular weight is 439 g/mol. The highest BCUT2D eigenvalue weighted by Crippen LogP contribution is 2.36. The lowest BCUT2D eigenvalue weighted by atomic mass is 10.1. The number of methoxy groups -OCH3 is 1. The van der Waals surface area contributed by atoms with Crippen molar-refractivity contribution in [2.24, 2.45) is 0 Å². The second-order valence-corrected chi connectivity index (χ2v) is 8.00. The molecule has 2 fully saturated rings. The molecule has 156 valence electrons. The van der Waals surface area contributed by atoms with E-state index in [0.717, 1.165) is 5.56 Å². The molecule has 1 aromatic carbocycles. The van der Waals surface area contributed by atoms with Gasteiger partial charge in [-0.1, -0.05) is 37.0 Å². The SMILES string of the molecule is CCC(Oc1ccc(/C=C2/SC(=S)N(N3CCOCC3)C2=O)cc1OC)C(=O)O. The van der Waals surface area contributed by atoms with E-state index in [-0.39, 0.29) is 5.91 Å². The van der Waals surface area contributed by atoms with Gasteiger partial charge in [0.2, 0.25) is 0 Å². The molecule has 2 aliphatic rings. The van der Waals surface area contributed by atoms with Gasteiger partial charge >= 0.3 is 5.97 Å². The third kappa shape index (κ3) is 4.89. The first kappa shape index (κ1) is 21.6. The lowest BCUT2D eigenvalue weighted by Gasteiger charge is -2.33. The van der Waals surface area contributed by atoms with Gasteiger partial charge in [-0.2, -0.15) is 0 Å². The van der Waals surface area contributed by atoms with E-state index in [2.05, 4.69) is 0 Å². The predicted octanol–water partition coefficient (Wildman–Crippen LogP) is 2.39. The zero-order valence-corrected chi connectivity index (χ0v) is 17.8. The normalized spacial score (nSPS) is 20.2. The van der Waals surface area contributed by atoms with E-state index in [1.165, 1.54) is 23.9 Å². The Morgan fingerprint density at radius 2 is 2.10 bits per heavy atom. The number of amides is 1. The van der Waals surface area contributed by atoms with E-state index < -0.39 is 12.1 Å². The predicted molar refractivity (Wildman–Crippen MR) is 113 cm³/mol. The molecule has 8 nitrogen and oxygen atoms in total. The van der Waals surface area contributed by atoms with E-state index in [1.54, 1.807) is 31.2 Å². The van der Waals surface area contributed by atoms with Crippen molar-refractivity contribution in [2.75, 3.05) is 33.4 Å². The Labute approximate surface area is 178 Å². The van der Waals surface area contributed by atoms with Crippen molar-refractivity contribution in [3.63, 3.8) is 0 Å². The summed E-state index contributed by atoms with van der Waals surface area (Å²) in [5.74, 6) is -0.481. The van der Waals surface area contributed by atoms with Gasteiger partial charge < -0.3 is 19.3 Å². The molecule has 10 heteroatoms. The minimum Gasteiger partial charge on any atom is -0.493 e. The molecule has 1 N–H and O–H groups in total. The first-order chi connectivity index (χ1) is 13.9. The number of carboxylic acid groups (broad SMARTS) is 1. The second-order valence-electron chi connectivity index (χ2n) is 6.32. The fourth-order valence-corrected chi connectivity index (χ4v) is 4.25. The molecular weight excluding hydrogens is 416 g/mol. The van der Waals surface area contributed by atoms with Gasteiger partial charge in [0.1, 0.15) is 0 Å². The Bertz CT molecular complexity index is 838. The van der Waals surface area contributed by atoms with Crippen molar-refractivity contribution in [2.45, 2.75) is 19.4 Å². The van der Waals surface area contributed by atoms with Crippen LogP contribution in [0.4, 0.5) is 0 Å². The van der Waals surface area contributed by atoms with Crippen LogP contribution in [0.25, 0.3) is 6.08 Å². The molecule has 2 aliphatic heterocycles. The number of hydrogen-bond acceptors (Lipinski definition) is 8. The molecule has 1 aromatic rings. The lowest BCUT2D eigenvalue weighted by Crippen LogP contribution is -2.50.